The fourth-order valence-electron chi connectivity index (χ4n) is 4.56. The number of rotatable bonds is 4. The van der Waals surface area contributed by atoms with E-state index in [1.807, 2.05) is 24.3 Å². The van der Waals surface area contributed by atoms with E-state index in [2.05, 4.69) is 32.7 Å². The fourth-order valence-corrected chi connectivity index (χ4v) is 4.56. The molecule has 3 heterocycles. The summed E-state index contributed by atoms with van der Waals surface area (Å²) in [5.41, 5.74) is 0.456. The SMILES string of the molecule is COc1ccc2c(c1F)C(=O)N(C[C@@]1(C#Cc3ccc(N4CCNCC4)cc3)NC(=O)NC1=O)C2. The monoisotopic (exact) mass is 477 g/mol. The number of hydrogen-bond donors (Lipinski definition) is 3. The van der Waals surface area contributed by atoms with Gasteiger partial charge in [-0.2, -0.15) is 0 Å². The van der Waals surface area contributed by atoms with Crippen molar-refractivity contribution in [1.29, 1.82) is 0 Å². The first-order valence-corrected chi connectivity index (χ1v) is 11.3. The Morgan fingerprint density at radius 1 is 1.09 bits per heavy atom. The van der Waals surface area contributed by atoms with Crippen LogP contribution in [0.5, 0.6) is 5.75 Å². The summed E-state index contributed by atoms with van der Waals surface area (Å²) in [5, 5.41) is 8.08. The summed E-state index contributed by atoms with van der Waals surface area (Å²) in [6.45, 7) is 3.54. The number of anilines is 1. The van der Waals surface area contributed by atoms with Crippen LogP contribution >= 0.6 is 0 Å². The smallest absolute Gasteiger partial charge is 0.323 e. The van der Waals surface area contributed by atoms with Crippen molar-refractivity contribution < 1.29 is 23.5 Å². The number of amides is 4. The summed E-state index contributed by atoms with van der Waals surface area (Å²) in [6, 6.07) is 10.00. The van der Waals surface area contributed by atoms with Crippen LogP contribution in [0.1, 0.15) is 21.5 Å². The Kier molecular flexibility index (Phi) is 5.78. The summed E-state index contributed by atoms with van der Waals surface area (Å²) < 4.78 is 19.7. The molecule has 0 radical (unpaired) electrons. The van der Waals surface area contributed by atoms with Gasteiger partial charge < -0.3 is 25.2 Å². The molecule has 0 bridgehead atoms. The first kappa shape index (κ1) is 22.7. The van der Waals surface area contributed by atoms with Crippen LogP contribution in [0.25, 0.3) is 0 Å². The predicted molar refractivity (Wildman–Crippen MR) is 126 cm³/mol. The summed E-state index contributed by atoms with van der Waals surface area (Å²) in [4.78, 5) is 41.4. The van der Waals surface area contributed by atoms with Gasteiger partial charge in [0.1, 0.15) is 0 Å². The average Bonchev–Trinajstić information content (AvgIpc) is 3.34. The summed E-state index contributed by atoms with van der Waals surface area (Å²) in [6.07, 6.45) is 0. The lowest BCUT2D eigenvalue weighted by molar-refractivity contribution is -0.122. The molecular formula is C25H24FN5O4. The number of nitrogens with zero attached hydrogens (tertiary/aromatic N) is 2. The molecule has 180 valence electrons. The van der Waals surface area contributed by atoms with Crippen LogP contribution < -0.4 is 25.6 Å². The lowest BCUT2D eigenvalue weighted by Crippen LogP contribution is -2.54. The minimum atomic E-state index is -1.66. The van der Waals surface area contributed by atoms with Crippen molar-refractivity contribution >= 4 is 23.5 Å². The predicted octanol–water partition coefficient (Wildman–Crippen LogP) is 0.830. The van der Waals surface area contributed by atoms with E-state index in [1.165, 1.54) is 18.1 Å². The fraction of sp³-hybridized carbons (Fsp3) is 0.320. The van der Waals surface area contributed by atoms with Crippen molar-refractivity contribution in [2.24, 2.45) is 0 Å². The van der Waals surface area contributed by atoms with Crippen LogP contribution in [0.3, 0.4) is 0 Å². The van der Waals surface area contributed by atoms with E-state index in [4.69, 9.17) is 4.74 Å². The molecule has 2 saturated heterocycles. The molecule has 3 N–H and O–H groups in total. The molecule has 0 aliphatic carbocycles. The van der Waals surface area contributed by atoms with Gasteiger partial charge in [-0.25, -0.2) is 9.18 Å². The number of methoxy groups -OCH3 is 1. The number of urea groups is 1. The number of benzene rings is 2. The van der Waals surface area contributed by atoms with Crippen LogP contribution in [-0.4, -0.2) is 68.1 Å². The molecule has 0 unspecified atom stereocenters. The van der Waals surface area contributed by atoms with Crippen LogP contribution in [0.2, 0.25) is 0 Å². The van der Waals surface area contributed by atoms with Gasteiger partial charge in [0.05, 0.1) is 19.2 Å². The molecule has 9 nitrogen and oxygen atoms in total. The molecule has 0 saturated carbocycles. The molecule has 3 aliphatic rings. The molecule has 5 rings (SSSR count). The van der Waals surface area contributed by atoms with Crippen molar-refractivity contribution in [3.8, 4) is 17.6 Å². The van der Waals surface area contributed by atoms with Gasteiger partial charge in [0.2, 0.25) is 5.54 Å². The third-order valence-electron chi connectivity index (χ3n) is 6.41. The lowest BCUT2D eigenvalue weighted by Gasteiger charge is -2.29. The highest BCUT2D eigenvalue weighted by Crippen LogP contribution is 2.32. The summed E-state index contributed by atoms with van der Waals surface area (Å²) in [7, 11) is 1.32. The molecule has 0 aromatic heterocycles. The highest BCUT2D eigenvalue weighted by atomic mass is 19.1. The second-order valence-corrected chi connectivity index (χ2v) is 8.62. The third-order valence-corrected chi connectivity index (χ3v) is 6.41. The molecule has 2 aromatic carbocycles. The van der Waals surface area contributed by atoms with Crippen molar-refractivity contribution in [2.75, 3.05) is 44.7 Å². The van der Waals surface area contributed by atoms with Gasteiger partial charge >= 0.3 is 6.03 Å². The molecule has 35 heavy (non-hydrogen) atoms. The van der Waals surface area contributed by atoms with E-state index in [9.17, 15) is 18.8 Å². The summed E-state index contributed by atoms with van der Waals surface area (Å²) >= 11 is 0. The highest BCUT2D eigenvalue weighted by molar-refractivity contribution is 6.10. The Morgan fingerprint density at radius 2 is 1.83 bits per heavy atom. The van der Waals surface area contributed by atoms with Crippen LogP contribution in [-0.2, 0) is 11.3 Å². The highest BCUT2D eigenvalue weighted by Gasteiger charge is 2.48. The van der Waals surface area contributed by atoms with Gasteiger partial charge in [-0.15, -0.1) is 0 Å². The summed E-state index contributed by atoms with van der Waals surface area (Å²) in [5.74, 6) is 3.80. The maximum absolute atomic E-state index is 14.7. The van der Waals surface area contributed by atoms with E-state index in [-0.39, 0.29) is 24.4 Å². The van der Waals surface area contributed by atoms with Gasteiger partial charge in [0.15, 0.2) is 11.6 Å². The van der Waals surface area contributed by atoms with E-state index < -0.39 is 29.2 Å². The quantitative estimate of drug-likeness (QED) is 0.445. The van der Waals surface area contributed by atoms with Crippen LogP contribution in [0.4, 0.5) is 14.9 Å². The van der Waals surface area contributed by atoms with Gasteiger partial charge in [0, 0.05) is 44.0 Å². The molecule has 1 atom stereocenters. The van der Waals surface area contributed by atoms with Crippen molar-refractivity contribution in [3.63, 3.8) is 0 Å². The largest absolute Gasteiger partial charge is 0.494 e. The van der Waals surface area contributed by atoms with Gasteiger partial charge in [0.25, 0.3) is 11.8 Å². The zero-order valence-electron chi connectivity index (χ0n) is 19.1. The number of fused-ring (bicyclic) bond motifs is 1. The number of imide groups is 1. The molecule has 3 aliphatic heterocycles. The Labute approximate surface area is 201 Å². The first-order valence-electron chi connectivity index (χ1n) is 11.3. The number of ether oxygens (including phenoxy) is 1. The lowest BCUT2D eigenvalue weighted by atomic mass is 9.99. The average molecular weight is 477 g/mol. The number of carbonyl (C=O) groups excluding carboxylic acids is 3. The van der Waals surface area contributed by atoms with E-state index in [0.29, 0.717) is 11.1 Å². The molecule has 2 aromatic rings. The third kappa shape index (κ3) is 4.15. The van der Waals surface area contributed by atoms with Crippen molar-refractivity contribution in [3.05, 3.63) is 58.9 Å². The Hall–Kier alpha value is -4.10. The molecule has 10 heteroatoms. The van der Waals surface area contributed by atoms with Crippen molar-refractivity contribution in [2.45, 2.75) is 12.1 Å². The number of carbonyl (C=O) groups is 3. The Bertz CT molecular complexity index is 1260. The maximum atomic E-state index is 14.7. The molecule has 2 fully saturated rings. The number of hydrogen-bond acceptors (Lipinski definition) is 6. The molecule has 4 amide bonds. The number of piperazine rings is 1. The van der Waals surface area contributed by atoms with Crippen molar-refractivity contribution in [1.82, 2.24) is 20.9 Å². The van der Waals surface area contributed by atoms with Gasteiger partial charge in [-0.3, -0.25) is 14.9 Å². The molecular weight excluding hydrogens is 453 g/mol. The first-order chi connectivity index (χ1) is 16.9. The van der Waals surface area contributed by atoms with Crippen LogP contribution in [0, 0.1) is 17.7 Å². The molecule has 0 spiro atoms. The van der Waals surface area contributed by atoms with E-state index in [1.54, 1.807) is 6.07 Å². The standard InChI is InChI=1S/C25H24FN5O4/c1-35-19-7-4-17-14-31(22(32)20(17)21(19)26)15-25(23(33)28-24(34)29-25)9-8-16-2-5-18(6-3-16)30-12-10-27-11-13-30/h2-7,27H,10-15H2,1H3,(H2,28,29,33,34)/t25-/m1/s1. The second kappa shape index (κ2) is 8.92. The zero-order chi connectivity index (χ0) is 24.6. The minimum absolute atomic E-state index is 0.0374. The second-order valence-electron chi connectivity index (χ2n) is 8.62. The maximum Gasteiger partial charge on any atom is 0.323 e. The normalized spacial score (nSPS) is 21.3. The Balaban J connectivity index is 1.39. The topological polar surface area (TPSA) is 103 Å². The Morgan fingerprint density at radius 3 is 2.49 bits per heavy atom. The number of nitrogens with one attached hydrogen (secondary N) is 3. The minimum Gasteiger partial charge on any atom is -0.494 e. The number of halogens is 1. The zero-order valence-corrected chi connectivity index (χ0v) is 19.1. The van der Waals surface area contributed by atoms with E-state index >= 15 is 0 Å². The van der Waals surface area contributed by atoms with Crippen LogP contribution in [0.15, 0.2) is 36.4 Å². The van der Waals surface area contributed by atoms with E-state index in [0.717, 1.165) is 31.9 Å². The van der Waals surface area contributed by atoms with Gasteiger partial charge in [-0.05, 0) is 35.9 Å². The van der Waals surface area contributed by atoms with Gasteiger partial charge in [-0.1, -0.05) is 17.9 Å².